The molecule has 0 aliphatic heterocycles. The van der Waals surface area contributed by atoms with Crippen molar-refractivity contribution in [3.8, 4) is 11.4 Å². The molecule has 1 aromatic heterocycles. The summed E-state index contributed by atoms with van der Waals surface area (Å²) >= 11 is 1.44. The van der Waals surface area contributed by atoms with Crippen molar-refractivity contribution in [3.63, 3.8) is 0 Å². The van der Waals surface area contributed by atoms with Gasteiger partial charge in [-0.1, -0.05) is 0 Å². The van der Waals surface area contributed by atoms with Gasteiger partial charge in [0.2, 0.25) is 0 Å². The van der Waals surface area contributed by atoms with Crippen LogP contribution in [0.2, 0.25) is 0 Å². The second kappa shape index (κ2) is 6.93. The molecule has 0 saturated heterocycles. The van der Waals surface area contributed by atoms with Gasteiger partial charge in [-0.3, -0.25) is 4.72 Å². The van der Waals surface area contributed by atoms with Crippen LogP contribution in [0.25, 0.3) is 11.4 Å². The Morgan fingerprint density at radius 3 is 2.46 bits per heavy atom. The lowest BCUT2D eigenvalue weighted by Crippen LogP contribution is -2.01. The summed E-state index contributed by atoms with van der Waals surface area (Å²) in [5, 5.41) is 14.5. The van der Waals surface area contributed by atoms with Crippen LogP contribution in [-0.2, 0) is 7.05 Å². The van der Waals surface area contributed by atoms with E-state index in [0.717, 1.165) is 11.0 Å². The van der Waals surface area contributed by atoms with E-state index >= 15 is 0 Å². The normalized spacial score (nSPS) is 10.8. The lowest BCUT2D eigenvalue weighted by molar-refractivity contribution is 0.584. The Bertz CT molecular complexity index is 847. The molecule has 0 atom stereocenters. The summed E-state index contributed by atoms with van der Waals surface area (Å²) in [5.41, 5.74) is 1.66. The zero-order valence-electron chi connectivity index (χ0n) is 12.9. The van der Waals surface area contributed by atoms with Crippen molar-refractivity contribution in [3.05, 3.63) is 48.0 Å². The SMILES string of the molecule is CNSc1ccc(Nc2cc(F)cc(F)c2)c(-c2nnnn2C)c1. The smallest absolute Gasteiger partial charge is 0.183 e. The number of rotatable bonds is 5. The third-order valence-corrected chi connectivity index (χ3v) is 3.91. The molecule has 0 radical (unpaired) electrons. The largest absolute Gasteiger partial charge is 0.355 e. The number of aryl methyl sites for hydroxylation is 1. The first-order chi connectivity index (χ1) is 11.6. The molecule has 2 N–H and O–H groups in total. The zero-order valence-corrected chi connectivity index (χ0v) is 13.7. The van der Waals surface area contributed by atoms with E-state index in [-0.39, 0.29) is 0 Å². The minimum absolute atomic E-state index is 0.304. The standard InChI is InChI=1S/C15H14F2N6S/c1-18-24-12-3-4-14(13(8-12)15-20-21-22-23(15)2)19-11-6-9(16)5-10(17)7-11/h3-8,18-19H,1-2H3. The summed E-state index contributed by atoms with van der Waals surface area (Å²) in [6, 6.07) is 8.85. The quantitative estimate of drug-likeness (QED) is 0.691. The predicted octanol–water partition coefficient (Wildman–Crippen LogP) is 3.13. The van der Waals surface area contributed by atoms with Crippen molar-refractivity contribution in [1.82, 2.24) is 24.9 Å². The molecular weight excluding hydrogens is 334 g/mol. The molecule has 3 aromatic rings. The third-order valence-electron chi connectivity index (χ3n) is 3.21. The van der Waals surface area contributed by atoms with Crippen LogP contribution in [0.3, 0.4) is 0 Å². The van der Waals surface area contributed by atoms with Crippen LogP contribution in [0, 0.1) is 11.6 Å². The number of aromatic nitrogens is 4. The number of tetrazole rings is 1. The molecule has 9 heteroatoms. The first-order valence-electron chi connectivity index (χ1n) is 7.00. The van der Waals surface area contributed by atoms with E-state index in [1.54, 1.807) is 7.05 Å². The van der Waals surface area contributed by atoms with E-state index in [9.17, 15) is 8.78 Å². The molecule has 1 heterocycles. The summed E-state index contributed by atoms with van der Waals surface area (Å²) in [7, 11) is 3.54. The van der Waals surface area contributed by atoms with Crippen LogP contribution in [0.4, 0.5) is 20.2 Å². The van der Waals surface area contributed by atoms with Gasteiger partial charge in [0.15, 0.2) is 5.82 Å². The first kappa shape index (κ1) is 16.3. The molecular formula is C15H14F2N6S. The van der Waals surface area contributed by atoms with Gasteiger partial charge in [0.1, 0.15) is 11.6 Å². The number of benzene rings is 2. The highest BCUT2D eigenvalue weighted by atomic mass is 32.2. The Morgan fingerprint density at radius 2 is 1.83 bits per heavy atom. The number of nitrogens with one attached hydrogen (secondary N) is 2. The predicted molar refractivity (Wildman–Crippen MR) is 88.8 cm³/mol. The van der Waals surface area contributed by atoms with Crippen molar-refractivity contribution < 1.29 is 8.78 Å². The first-order valence-corrected chi connectivity index (χ1v) is 7.82. The van der Waals surface area contributed by atoms with Crippen LogP contribution >= 0.6 is 11.9 Å². The maximum absolute atomic E-state index is 13.4. The van der Waals surface area contributed by atoms with Crippen LogP contribution in [-0.4, -0.2) is 27.3 Å². The molecule has 0 fully saturated rings. The Hall–Kier alpha value is -2.52. The maximum Gasteiger partial charge on any atom is 0.183 e. The van der Waals surface area contributed by atoms with Crippen molar-refractivity contribution in [2.75, 3.05) is 12.4 Å². The highest BCUT2D eigenvalue weighted by Crippen LogP contribution is 2.32. The summed E-state index contributed by atoms with van der Waals surface area (Å²) in [6.45, 7) is 0. The summed E-state index contributed by atoms with van der Waals surface area (Å²) in [5.74, 6) is -0.767. The third kappa shape index (κ3) is 3.52. The number of anilines is 2. The monoisotopic (exact) mass is 348 g/mol. The summed E-state index contributed by atoms with van der Waals surface area (Å²) < 4.78 is 31.3. The minimum Gasteiger partial charge on any atom is -0.355 e. The average molecular weight is 348 g/mol. The van der Waals surface area contributed by atoms with Gasteiger partial charge in [-0.05, 0) is 59.8 Å². The van der Waals surface area contributed by atoms with E-state index < -0.39 is 11.6 Å². The van der Waals surface area contributed by atoms with Gasteiger partial charge >= 0.3 is 0 Å². The van der Waals surface area contributed by atoms with E-state index in [2.05, 4.69) is 25.6 Å². The molecule has 24 heavy (non-hydrogen) atoms. The lowest BCUT2D eigenvalue weighted by Gasteiger charge is -2.13. The van der Waals surface area contributed by atoms with Gasteiger partial charge in [-0.25, -0.2) is 13.5 Å². The van der Waals surface area contributed by atoms with Gasteiger partial charge in [0.05, 0.1) is 0 Å². The number of halogens is 2. The van der Waals surface area contributed by atoms with E-state index in [1.807, 2.05) is 25.2 Å². The molecule has 6 nitrogen and oxygen atoms in total. The Morgan fingerprint density at radius 1 is 1.08 bits per heavy atom. The molecule has 0 aliphatic carbocycles. The Balaban J connectivity index is 2.04. The molecule has 2 aromatic carbocycles. The van der Waals surface area contributed by atoms with Gasteiger partial charge < -0.3 is 5.32 Å². The molecule has 3 rings (SSSR count). The Kier molecular flexibility index (Phi) is 4.72. The van der Waals surface area contributed by atoms with Crippen LogP contribution in [0.5, 0.6) is 0 Å². The highest BCUT2D eigenvalue weighted by Gasteiger charge is 2.13. The fourth-order valence-electron chi connectivity index (χ4n) is 2.24. The number of hydrogen-bond acceptors (Lipinski definition) is 6. The van der Waals surface area contributed by atoms with Crippen molar-refractivity contribution in [2.24, 2.45) is 7.05 Å². The fraction of sp³-hybridized carbons (Fsp3) is 0.133. The van der Waals surface area contributed by atoms with Crippen LogP contribution in [0.1, 0.15) is 0 Å². The van der Waals surface area contributed by atoms with Crippen LogP contribution < -0.4 is 10.0 Å². The van der Waals surface area contributed by atoms with Gasteiger partial charge in [0, 0.05) is 34.9 Å². The van der Waals surface area contributed by atoms with Crippen molar-refractivity contribution in [1.29, 1.82) is 0 Å². The Labute approximate surface area is 141 Å². The van der Waals surface area contributed by atoms with Crippen molar-refractivity contribution in [2.45, 2.75) is 4.90 Å². The molecule has 0 bridgehead atoms. The average Bonchev–Trinajstić information content (AvgIpc) is 2.94. The molecule has 0 spiro atoms. The van der Waals surface area contributed by atoms with Crippen molar-refractivity contribution >= 4 is 23.3 Å². The van der Waals surface area contributed by atoms with E-state index in [1.165, 1.54) is 28.8 Å². The summed E-state index contributed by atoms with van der Waals surface area (Å²) in [6.07, 6.45) is 0. The lowest BCUT2D eigenvalue weighted by atomic mass is 10.1. The molecule has 0 amide bonds. The van der Waals surface area contributed by atoms with Gasteiger partial charge in [-0.2, -0.15) is 0 Å². The minimum atomic E-state index is -0.651. The molecule has 0 saturated carbocycles. The molecule has 0 unspecified atom stereocenters. The van der Waals surface area contributed by atoms with Gasteiger partial charge in [-0.15, -0.1) is 5.10 Å². The fourth-order valence-corrected chi connectivity index (χ4v) is 2.79. The van der Waals surface area contributed by atoms with Gasteiger partial charge in [0.25, 0.3) is 0 Å². The van der Waals surface area contributed by atoms with Crippen LogP contribution in [0.15, 0.2) is 41.3 Å². The second-order valence-electron chi connectivity index (χ2n) is 4.92. The van der Waals surface area contributed by atoms with E-state index in [0.29, 0.717) is 22.8 Å². The molecule has 0 aliphatic rings. The number of hydrogen-bond donors (Lipinski definition) is 2. The number of nitrogens with zero attached hydrogens (tertiary/aromatic N) is 4. The highest BCUT2D eigenvalue weighted by molar-refractivity contribution is 7.97. The maximum atomic E-state index is 13.4. The van der Waals surface area contributed by atoms with E-state index in [4.69, 9.17) is 0 Å². The zero-order chi connectivity index (χ0) is 17.1. The second-order valence-corrected chi connectivity index (χ2v) is 6.01. The summed E-state index contributed by atoms with van der Waals surface area (Å²) in [4.78, 5) is 0.950. The topological polar surface area (TPSA) is 67.7 Å². The molecule has 124 valence electrons.